The fourth-order valence-corrected chi connectivity index (χ4v) is 4.80. The van der Waals surface area contributed by atoms with Crippen LogP contribution in [0.3, 0.4) is 0 Å². The van der Waals surface area contributed by atoms with Crippen molar-refractivity contribution in [2.45, 2.75) is 50.2 Å². The molecule has 2 aromatic carbocycles. The molecule has 0 radical (unpaired) electrons. The molecule has 33 heavy (non-hydrogen) atoms. The number of hydrogen-bond donors (Lipinski definition) is 1. The molecule has 8 heteroatoms. The Morgan fingerprint density at radius 3 is 2.55 bits per heavy atom. The summed E-state index contributed by atoms with van der Waals surface area (Å²) in [5.41, 5.74) is 3.57. The summed E-state index contributed by atoms with van der Waals surface area (Å²) in [4.78, 5) is 17.4. The Hall–Kier alpha value is -2.90. The first-order valence-corrected chi connectivity index (χ1v) is 11.6. The van der Waals surface area contributed by atoms with Crippen LogP contribution in [0, 0.1) is 0 Å². The summed E-state index contributed by atoms with van der Waals surface area (Å²) in [6.45, 7) is 4.14. The van der Waals surface area contributed by atoms with E-state index in [0.29, 0.717) is 24.8 Å². The summed E-state index contributed by atoms with van der Waals surface area (Å²) in [6, 6.07) is 16.2. The number of rotatable bonds is 8. The molecule has 2 heterocycles. The van der Waals surface area contributed by atoms with Crippen LogP contribution in [0.4, 0.5) is 4.79 Å². The number of hydrogen-bond acceptors (Lipinski definition) is 6. The number of nitrogens with zero attached hydrogens (tertiary/aromatic N) is 3. The number of carbonyl (C=O) groups is 1. The van der Waals surface area contributed by atoms with E-state index >= 15 is 0 Å². The second-order valence-electron chi connectivity index (χ2n) is 9.25. The summed E-state index contributed by atoms with van der Waals surface area (Å²) in [5.74, 6) is 1.43. The zero-order chi connectivity index (χ0) is 23.0. The van der Waals surface area contributed by atoms with Crippen molar-refractivity contribution >= 4 is 17.8 Å². The van der Waals surface area contributed by atoms with Gasteiger partial charge in [0.05, 0.1) is 0 Å². The van der Waals surface area contributed by atoms with Gasteiger partial charge in [0.25, 0.3) is 0 Å². The summed E-state index contributed by atoms with van der Waals surface area (Å²) in [6.07, 6.45) is 1.87. The Balaban J connectivity index is 1.18. The monoisotopic (exact) mass is 467 g/mol. The van der Waals surface area contributed by atoms with Gasteiger partial charge < -0.3 is 14.4 Å². The van der Waals surface area contributed by atoms with Gasteiger partial charge in [-0.15, -0.1) is 0 Å². The lowest BCUT2D eigenvalue weighted by molar-refractivity contribution is -0.0363. The number of benzene rings is 2. The number of likely N-dealkylation sites (tertiary alicyclic amines) is 1. The number of halogens is 1. The van der Waals surface area contributed by atoms with Crippen LogP contribution < -0.4 is 0 Å². The van der Waals surface area contributed by atoms with Crippen LogP contribution >= 0.6 is 11.6 Å². The molecule has 172 valence electrons. The largest absolute Gasteiger partial charge is 0.506 e. The van der Waals surface area contributed by atoms with Crippen LogP contribution in [-0.2, 0) is 16.7 Å². The van der Waals surface area contributed by atoms with Crippen molar-refractivity contribution in [3.05, 3.63) is 70.6 Å². The van der Waals surface area contributed by atoms with E-state index in [0.717, 1.165) is 29.1 Å². The molecule has 1 aliphatic heterocycles. The van der Waals surface area contributed by atoms with Gasteiger partial charge in [-0.05, 0) is 47.9 Å². The van der Waals surface area contributed by atoms with Crippen molar-refractivity contribution in [2.75, 3.05) is 13.1 Å². The third-order valence-electron chi connectivity index (χ3n) is 6.68. The van der Waals surface area contributed by atoms with Crippen LogP contribution in [0.1, 0.15) is 49.1 Å². The third-order valence-corrected chi connectivity index (χ3v) is 6.93. The molecule has 1 unspecified atom stereocenters. The van der Waals surface area contributed by atoms with Gasteiger partial charge in [0.1, 0.15) is 6.10 Å². The van der Waals surface area contributed by atoms with E-state index in [2.05, 4.69) is 34.1 Å². The second-order valence-corrected chi connectivity index (χ2v) is 9.68. The summed E-state index contributed by atoms with van der Waals surface area (Å²) >= 11 is 6.05. The molecule has 0 amide bonds. The molecule has 1 aromatic heterocycles. The topological polar surface area (TPSA) is 88.7 Å². The molecule has 1 saturated carbocycles. The predicted molar refractivity (Wildman–Crippen MR) is 123 cm³/mol. The highest BCUT2D eigenvalue weighted by molar-refractivity contribution is 6.30. The molecule has 1 saturated heterocycles. The Bertz CT molecular complexity index is 1120. The maximum absolute atomic E-state index is 10.6. The maximum atomic E-state index is 10.6. The van der Waals surface area contributed by atoms with Crippen LogP contribution in [0.25, 0.3) is 11.4 Å². The molecule has 7 nitrogen and oxygen atoms in total. The summed E-state index contributed by atoms with van der Waals surface area (Å²) < 4.78 is 10.4. The Morgan fingerprint density at radius 1 is 1.21 bits per heavy atom. The van der Waals surface area contributed by atoms with Crippen molar-refractivity contribution in [3.8, 4) is 11.4 Å². The third kappa shape index (κ3) is 4.89. The molecule has 0 spiro atoms. The van der Waals surface area contributed by atoms with Crippen LogP contribution in [-0.4, -0.2) is 45.5 Å². The number of ether oxygens (including phenoxy) is 1. The SMILES string of the molecule is CC(CC1(c2ccc(Cl)cc2)CC1)c1nc(-c2ccc(CN3CC(OC(=O)O)C3)cc2)no1. The summed E-state index contributed by atoms with van der Waals surface area (Å²) in [5, 5.41) is 13.6. The Kier molecular flexibility index (Phi) is 5.85. The van der Waals surface area contributed by atoms with Gasteiger partial charge in [-0.2, -0.15) is 4.98 Å². The molecular weight excluding hydrogens is 442 g/mol. The minimum Gasteiger partial charge on any atom is -0.450 e. The van der Waals surface area contributed by atoms with E-state index in [-0.39, 0.29) is 17.4 Å². The maximum Gasteiger partial charge on any atom is 0.506 e. The van der Waals surface area contributed by atoms with Gasteiger partial charge in [-0.3, -0.25) is 4.90 Å². The molecule has 3 aromatic rings. The van der Waals surface area contributed by atoms with Crippen LogP contribution in [0.15, 0.2) is 53.1 Å². The Morgan fingerprint density at radius 2 is 1.91 bits per heavy atom. The van der Waals surface area contributed by atoms with E-state index in [1.165, 1.54) is 18.4 Å². The van der Waals surface area contributed by atoms with Gasteiger partial charge in [0.2, 0.25) is 11.7 Å². The number of carboxylic acid groups (broad SMARTS) is 1. The molecular formula is C25H26ClN3O4. The minimum absolute atomic E-state index is 0.163. The number of aromatic nitrogens is 2. The van der Waals surface area contributed by atoms with Crippen molar-refractivity contribution in [1.29, 1.82) is 0 Å². The average molecular weight is 468 g/mol. The van der Waals surface area contributed by atoms with Crippen LogP contribution in [0.2, 0.25) is 5.02 Å². The first kappa shape index (κ1) is 21.9. The first-order chi connectivity index (χ1) is 15.9. The van der Waals surface area contributed by atoms with Crippen molar-refractivity contribution < 1.29 is 19.2 Å². The fourth-order valence-electron chi connectivity index (χ4n) is 4.68. The van der Waals surface area contributed by atoms with Crippen LogP contribution in [0.5, 0.6) is 0 Å². The van der Waals surface area contributed by atoms with E-state index in [4.69, 9.17) is 26.0 Å². The second kappa shape index (κ2) is 8.80. The van der Waals surface area contributed by atoms with E-state index in [1.54, 1.807) is 0 Å². The van der Waals surface area contributed by atoms with E-state index < -0.39 is 6.16 Å². The molecule has 5 rings (SSSR count). The molecule has 1 N–H and O–H groups in total. The highest BCUT2D eigenvalue weighted by Gasteiger charge is 2.45. The smallest absolute Gasteiger partial charge is 0.450 e. The molecule has 1 atom stereocenters. The summed E-state index contributed by atoms with van der Waals surface area (Å²) in [7, 11) is 0. The van der Waals surface area contributed by atoms with E-state index in [9.17, 15) is 4.79 Å². The standard InChI is InChI=1S/C25H26ClN3O4/c1-16(12-25(10-11-25)19-6-8-20(26)9-7-19)23-27-22(28-33-23)18-4-2-17(3-5-18)13-29-14-21(15-29)32-24(30)31/h2-9,16,21H,10-15H2,1H3,(H,30,31). The van der Waals surface area contributed by atoms with Crippen molar-refractivity contribution in [3.63, 3.8) is 0 Å². The van der Waals surface area contributed by atoms with Crippen molar-refractivity contribution in [1.82, 2.24) is 15.0 Å². The molecule has 1 aliphatic carbocycles. The highest BCUT2D eigenvalue weighted by Crippen LogP contribution is 2.54. The lowest BCUT2D eigenvalue weighted by Crippen LogP contribution is -2.52. The van der Waals surface area contributed by atoms with Gasteiger partial charge in [-0.25, -0.2) is 4.79 Å². The zero-order valence-corrected chi connectivity index (χ0v) is 19.2. The molecule has 0 bridgehead atoms. The highest BCUT2D eigenvalue weighted by atomic mass is 35.5. The minimum atomic E-state index is -1.21. The first-order valence-electron chi connectivity index (χ1n) is 11.2. The zero-order valence-electron chi connectivity index (χ0n) is 18.4. The van der Waals surface area contributed by atoms with Crippen molar-refractivity contribution in [2.24, 2.45) is 0 Å². The van der Waals surface area contributed by atoms with Gasteiger partial charge in [-0.1, -0.05) is 60.1 Å². The lowest BCUT2D eigenvalue weighted by Gasteiger charge is -2.37. The predicted octanol–water partition coefficient (Wildman–Crippen LogP) is 5.49. The van der Waals surface area contributed by atoms with Gasteiger partial charge in [0.15, 0.2) is 0 Å². The van der Waals surface area contributed by atoms with E-state index in [1.807, 2.05) is 36.4 Å². The normalized spacial score (nSPS) is 18.5. The van der Waals surface area contributed by atoms with Gasteiger partial charge >= 0.3 is 6.16 Å². The Labute approximate surface area is 197 Å². The average Bonchev–Trinajstić information content (AvgIpc) is 3.37. The van der Waals surface area contributed by atoms with Gasteiger partial charge in [0, 0.05) is 36.1 Å². The lowest BCUT2D eigenvalue weighted by atomic mass is 9.86. The quantitative estimate of drug-likeness (QED) is 0.438. The molecule has 2 aliphatic rings. The molecule has 2 fully saturated rings. The fraction of sp³-hybridized carbons (Fsp3) is 0.400.